The van der Waals surface area contributed by atoms with Crippen LogP contribution in [0.15, 0.2) is 109 Å². The van der Waals surface area contributed by atoms with Crippen molar-refractivity contribution in [1.82, 2.24) is 4.57 Å². The van der Waals surface area contributed by atoms with Gasteiger partial charge in [0.05, 0.1) is 10.8 Å². The van der Waals surface area contributed by atoms with Crippen molar-refractivity contribution < 1.29 is 9.59 Å². The van der Waals surface area contributed by atoms with Gasteiger partial charge < -0.3 is 4.57 Å². The molecule has 186 valence electrons. The highest BCUT2D eigenvalue weighted by molar-refractivity contribution is 6.14. The fourth-order valence-electron chi connectivity index (χ4n) is 8.75. The molecule has 0 N–H and O–H groups in total. The first-order valence-electron chi connectivity index (χ1n) is 13.6. The maximum Gasteiger partial charge on any atom is 0.146 e. The minimum Gasteiger partial charge on any atom is -0.336 e. The highest BCUT2D eigenvalue weighted by atomic mass is 16.2. The highest BCUT2D eigenvalue weighted by Crippen LogP contribution is 2.81. The number of benzene rings is 4. The number of nitrogens with zero attached hydrogens (tertiary/aromatic N) is 1. The van der Waals surface area contributed by atoms with Gasteiger partial charge in [-0.05, 0) is 36.6 Å². The first-order chi connectivity index (χ1) is 18.5. The van der Waals surface area contributed by atoms with Crippen LogP contribution < -0.4 is 0 Å². The quantitative estimate of drug-likeness (QED) is 0.267. The molecule has 0 bridgehead atoms. The summed E-state index contributed by atoms with van der Waals surface area (Å²) in [7, 11) is 0. The predicted molar refractivity (Wildman–Crippen MR) is 150 cm³/mol. The predicted octanol–water partition coefficient (Wildman–Crippen LogP) is 7.14. The Morgan fingerprint density at radius 3 is 1.63 bits per heavy atom. The molecular weight excluding hydrogens is 466 g/mol. The molecule has 3 aliphatic rings. The smallest absolute Gasteiger partial charge is 0.146 e. The van der Waals surface area contributed by atoms with Crippen molar-refractivity contribution in [3.63, 3.8) is 0 Å². The van der Waals surface area contributed by atoms with Crippen LogP contribution in [0, 0.1) is 22.7 Å². The first kappa shape index (κ1) is 22.0. The maximum absolute atomic E-state index is 14.9. The molecule has 3 nitrogen and oxygen atoms in total. The second-order valence-electron chi connectivity index (χ2n) is 11.9. The number of carbonyl (C=O) groups is 2. The van der Waals surface area contributed by atoms with Gasteiger partial charge in [0.25, 0.3) is 0 Å². The van der Waals surface area contributed by atoms with Crippen molar-refractivity contribution in [2.75, 3.05) is 0 Å². The lowest BCUT2D eigenvalue weighted by molar-refractivity contribution is -0.165. The van der Waals surface area contributed by atoms with Crippen LogP contribution in [0.4, 0.5) is 0 Å². The lowest BCUT2D eigenvalue weighted by Gasteiger charge is -2.56. The van der Waals surface area contributed by atoms with E-state index in [0.717, 1.165) is 22.2 Å². The van der Waals surface area contributed by atoms with Gasteiger partial charge in [-0.3, -0.25) is 9.59 Å². The molecule has 0 radical (unpaired) electrons. The van der Waals surface area contributed by atoms with E-state index in [2.05, 4.69) is 91.2 Å². The third-order valence-corrected chi connectivity index (χ3v) is 10.6. The summed E-state index contributed by atoms with van der Waals surface area (Å²) in [5, 5.41) is 2.40. The van der Waals surface area contributed by atoms with Gasteiger partial charge in [-0.25, -0.2) is 0 Å². The number of Topliss-reactive ketones (excluding diaryl/α,β-unsaturated/α-hetero) is 2. The molecular formula is C35H29NO2. The van der Waals surface area contributed by atoms with Gasteiger partial charge in [-0.1, -0.05) is 104 Å². The van der Waals surface area contributed by atoms with Gasteiger partial charge >= 0.3 is 0 Å². The zero-order valence-corrected chi connectivity index (χ0v) is 21.6. The van der Waals surface area contributed by atoms with E-state index in [1.165, 1.54) is 10.8 Å². The number of hydrogen-bond donors (Lipinski definition) is 0. The van der Waals surface area contributed by atoms with E-state index in [9.17, 15) is 9.59 Å². The van der Waals surface area contributed by atoms with Gasteiger partial charge in [0.15, 0.2) is 0 Å². The molecule has 5 aromatic rings. The van der Waals surface area contributed by atoms with E-state index < -0.39 is 16.2 Å². The van der Waals surface area contributed by atoms with Crippen LogP contribution in [0.3, 0.4) is 0 Å². The summed E-state index contributed by atoms with van der Waals surface area (Å²) in [5.41, 5.74) is 2.31. The lowest BCUT2D eigenvalue weighted by atomic mass is 9.49. The number of hydrogen-bond acceptors (Lipinski definition) is 2. The Morgan fingerprint density at radius 2 is 1.11 bits per heavy atom. The van der Waals surface area contributed by atoms with Gasteiger partial charge in [-0.15, -0.1) is 0 Å². The van der Waals surface area contributed by atoms with E-state index in [4.69, 9.17) is 0 Å². The second kappa shape index (κ2) is 7.11. The van der Waals surface area contributed by atoms with Crippen LogP contribution >= 0.6 is 0 Å². The van der Waals surface area contributed by atoms with E-state index in [0.29, 0.717) is 6.42 Å². The summed E-state index contributed by atoms with van der Waals surface area (Å²) in [6.07, 6.45) is 0.700. The number of carbonyl (C=O) groups excluding carboxylic acids is 2. The Hall–Kier alpha value is -3.98. The Labute approximate surface area is 222 Å². The fraction of sp³-hybridized carbons (Fsp3) is 0.257. The molecule has 4 aromatic carbocycles. The van der Waals surface area contributed by atoms with Gasteiger partial charge in [-0.2, -0.15) is 0 Å². The zero-order valence-electron chi connectivity index (χ0n) is 21.6. The van der Waals surface area contributed by atoms with Crippen LogP contribution in [0.5, 0.6) is 0 Å². The van der Waals surface area contributed by atoms with Crippen molar-refractivity contribution in [3.8, 4) is 0 Å². The molecule has 8 rings (SSSR count). The van der Waals surface area contributed by atoms with E-state index in [1.54, 1.807) is 0 Å². The summed E-state index contributed by atoms with van der Waals surface area (Å²) < 4.78 is 2.37. The topological polar surface area (TPSA) is 39.1 Å². The standard InChI is InChI=1S/C35H29NO2/c1-33-26(21-29(33)36-27-19-11-9-17-24(27)25-18-10-12-20-28(25)36)31(37)34(2)30(32(33)38)35(34,22-13-5-3-6-14-22)23-15-7-4-8-16-23/h3-20,26,29-30H,21H2,1-2H3/t26-,29-,30+,33+,34+/m0/s1. The van der Waals surface area contributed by atoms with Crippen molar-refractivity contribution in [1.29, 1.82) is 0 Å². The summed E-state index contributed by atoms with van der Waals surface area (Å²) in [4.78, 5) is 29.4. The van der Waals surface area contributed by atoms with E-state index in [1.807, 2.05) is 36.4 Å². The summed E-state index contributed by atoms with van der Waals surface area (Å²) >= 11 is 0. The fourth-order valence-corrected chi connectivity index (χ4v) is 8.75. The molecule has 1 heterocycles. The highest BCUT2D eigenvalue weighted by Gasteiger charge is 2.88. The zero-order chi connectivity index (χ0) is 25.9. The molecule has 3 fully saturated rings. The first-order valence-corrected chi connectivity index (χ1v) is 13.6. The molecule has 0 aliphatic heterocycles. The summed E-state index contributed by atoms with van der Waals surface area (Å²) in [5.74, 6) is -0.135. The van der Waals surface area contributed by atoms with Gasteiger partial charge in [0.2, 0.25) is 0 Å². The van der Waals surface area contributed by atoms with Crippen molar-refractivity contribution in [2.24, 2.45) is 22.7 Å². The number of ketones is 2. The molecule has 0 unspecified atom stereocenters. The van der Waals surface area contributed by atoms with Gasteiger partial charge in [0, 0.05) is 45.1 Å². The third-order valence-electron chi connectivity index (χ3n) is 10.6. The van der Waals surface area contributed by atoms with Crippen LogP contribution in [0.1, 0.15) is 37.4 Å². The Bertz CT molecular complexity index is 1690. The monoisotopic (exact) mass is 495 g/mol. The Morgan fingerprint density at radius 1 is 0.632 bits per heavy atom. The molecule has 38 heavy (non-hydrogen) atoms. The van der Waals surface area contributed by atoms with Crippen molar-refractivity contribution >= 4 is 33.4 Å². The van der Waals surface area contributed by atoms with Crippen LogP contribution in [-0.2, 0) is 15.0 Å². The average Bonchev–Trinajstić information content (AvgIpc) is 3.42. The SMILES string of the molecule is C[C@@]12C(=O)[C@H]3C(c4ccccc4)(c4ccccc4)[C@@]3(C)C(=O)[C@@H]1C[C@@H]2n1c2ccccc2c2ccccc21. The summed E-state index contributed by atoms with van der Waals surface area (Å²) in [6.45, 7) is 4.14. The maximum atomic E-state index is 14.9. The number of para-hydroxylation sites is 2. The molecule has 1 aromatic heterocycles. The van der Waals surface area contributed by atoms with Crippen molar-refractivity contribution in [3.05, 3.63) is 120 Å². The normalized spacial score (nSPS) is 31.1. The minimum atomic E-state index is -0.739. The van der Waals surface area contributed by atoms with Crippen LogP contribution in [0.2, 0.25) is 0 Å². The molecule has 3 heteroatoms. The number of rotatable bonds is 3. The minimum absolute atomic E-state index is 0.0526. The Kier molecular flexibility index (Phi) is 4.12. The second-order valence-corrected chi connectivity index (χ2v) is 11.9. The largest absolute Gasteiger partial charge is 0.336 e. The molecule has 3 saturated carbocycles. The number of fused-ring (bicyclic) bond motifs is 5. The van der Waals surface area contributed by atoms with Gasteiger partial charge in [0.1, 0.15) is 11.6 Å². The molecule has 0 saturated heterocycles. The molecule has 3 aliphatic carbocycles. The Balaban J connectivity index is 1.34. The van der Waals surface area contributed by atoms with Crippen molar-refractivity contribution in [2.45, 2.75) is 31.7 Å². The molecule has 5 atom stereocenters. The third kappa shape index (κ3) is 2.25. The van der Waals surface area contributed by atoms with Crippen LogP contribution in [-0.4, -0.2) is 16.1 Å². The molecule has 0 spiro atoms. The van der Waals surface area contributed by atoms with E-state index in [-0.39, 0.29) is 29.4 Å². The van der Waals surface area contributed by atoms with E-state index >= 15 is 0 Å². The lowest BCUT2D eigenvalue weighted by Crippen LogP contribution is -2.61. The average molecular weight is 496 g/mol. The summed E-state index contributed by atoms with van der Waals surface area (Å²) in [6, 6.07) is 37.4. The number of aromatic nitrogens is 1. The van der Waals surface area contributed by atoms with Crippen LogP contribution in [0.25, 0.3) is 21.8 Å². The molecule has 0 amide bonds.